The van der Waals surface area contributed by atoms with Crippen LogP contribution in [0.1, 0.15) is 51.2 Å². The fraction of sp³-hybridized carbons (Fsp3) is 0.500. The van der Waals surface area contributed by atoms with Gasteiger partial charge in [-0.05, 0) is 29.9 Å². The highest BCUT2D eigenvalue weighted by atomic mass is 14.4. The van der Waals surface area contributed by atoms with Gasteiger partial charge in [-0.15, -0.1) is 6.58 Å². The zero-order valence-electron chi connectivity index (χ0n) is 12.4. The molecule has 0 fully saturated rings. The Morgan fingerprint density at radius 3 is 2.68 bits per heavy atom. The third kappa shape index (κ3) is 3.47. The first-order chi connectivity index (χ1) is 9.10. The highest BCUT2D eigenvalue weighted by Crippen LogP contribution is 2.44. The monoisotopic (exact) mass is 255 g/mol. The summed E-state index contributed by atoms with van der Waals surface area (Å²) in [7, 11) is 0. The Morgan fingerprint density at radius 2 is 2.16 bits per heavy atom. The van der Waals surface area contributed by atoms with E-state index >= 15 is 0 Å². The lowest BCUT2D eigenvalue weighted by Crippen LogP contribution is -2.25. The number of nitrogens with zero attached hydrogens (tertiary/aromatic N) is 1. The number of rotatable bonds is 3. The molecule has 2 atom stereocenters. The third-order valence-electron chi connectivity index (χ3n) is 4.19. The molecule has 0 saturated carbocycles. The van der Waals surface area contributed by atoms with E-state index in [0.29, 0.717) is 12.3 Å². The summed E-state index contributed by atoms with van der Waals surface area (Å²) in [6.45, 7) is 10.2. The van der Waals surface area contributed by atoms with Gasteiger partial charge in [-0.2, -0.15) is 5.26 Å². The molecule has 0 amide bonds. The van der Waals surface area contributed by atoms with E-state index in [1.165, 1.54) is 17.5 Å². The van der Waals surface area contributed by atoms with Gasteiger partial charge in [0.2, 0.25) is 0 Å². The second kappa shape index (κ2) is 7.14. The van der Waals surface area contributed by atoms with Gasteiger partial charge in [0.15, 0.2) is 0 Å². The second-order valence-electron chi connectivity index (χ2n) is 5.59. The maximum Gasteiger partial charge on any atom is 0.0631 e. The maximum atomic E-state index is 8.89. The van der Waals surface area contributed by atoms with Crippen molar-refractivity contribution >= 4 is 0 Å². The van der Waals surface area contributed by atoms with Gasteiger partial charge in [-0.1, -0.05) is 57.5 Å². The van der Waals surface area contributed by atoms with Crippen molar-refractivity contribution < 1.29 is 0 Å². The van der Waals surface area contributed by atoms with Crippen LogP contribution in [0, 0.1) is 17.2 Å². The van der Waals surface area contributed by atoms with Crippen LogP contribution in [0.25, 0.3) is 0 Å². The van der Waals surface area contributed by atoms with Crippen molar-refractivity contribution in [1.82, 2.24) is 0 Å². The van der Waals surface area contributed by atoms with Gasteiger partial charge >= 0.3 is 0 Å². The first-order valence-corrected chi connectivity index (χ1v) is 7.16. The number of unbranched alkanes of at least 4 members (excludes halogenated alkanes) is 1. The van der Waals surface area contributed by atoms with Crippen molar-refractivity contribution in [1.29, 1.82) is 5.26 Å². The molecular formula is C18H25N. The summed E-state index contributed by atoms with van der Waals surface area (Å²) >= 11 is 0. The zero-order valence-corrected chi connectivity index (χ0v) is 12.4. The molecule has 0 N–H and O–H groups in total. The summed E-state index contributed by atoms with van der Waals surface area (Å²) in [6.07, 6.45) is 6.06. The zero-order chi connectivity index (χ0) is 14.3. The summed E-state index contributed by atoms with van der Waals surface area (Å²) in [5.74, 6) is 0.583. The highest BCUT2D eigenvalue weighted by Gasteiger charge is 2.39. The molecule has 102 valence electrons. The summed E-state index contributed by atoms with van der Waals surface area (Å²) in [5, 5.41) is 8.89. The van der Waals surface area contributed by atoms with E-state index in [0.717, 1.165) is 12.8 Å². The molecule has 0 bridgehead atoms. The molecule has 0 heterocycles. The van der Waals surface area contributed by atoms with Crippen molar-refractivity contribution in [3.8, 4) is 6.07 Å². The number of nitriles is 1. The average Bonchev–Trinajstić information content (AvgIpc) is 2.64. The first-order valence-electron chi connectivity index (χ1n) is 7.16. The van der Waals surface area contributed by atoms with Gasteiger partial charge in [0.25, 0.3) is 0 Å². The SMILES string of the molecule is C=CCCC.CC1Cc2ccccc2C1(C)CC#N. The number of hydrogen-bond acceptors (Lipinski definition) is 1. The van der Waals surface area contributed by atoms with Crippen LogP contribution in [0.2, 0.25) is 0 Å². The lowest BCUT2D eigenvalue weighted by Gasteiger charge is -2.27. The van der Waals surface area contributed by atoms with E-state index in [1.807, 2.05) is 6.08 Å². The van der Waals surface area contributed by atoms with Crippen LogP contribution in [0.3, 0.4) is 0 Å². The van der Waals surface area contributed by atoms with E-state index in [2.05, 4.69) is 57.7 Å². The van der Waals surface area contributed by atoms with Crippen LogP contribution in [-0.4, -0.2) is 0 Å². The molecule has 1 aromatic rings. The van der Waals surface area contributed by atoms with Crippen molar-refractivity contribution in [3.63, 3.8) is 0 Å². The predicted octanol–water partition coefficient (Wildman–Crippen LogP) is 5.02. The van der Waals surface area contributed by atoms with E-state index < -0.39 is 0 Å². The number of benzene rings is 1. The van der Waals surface area contributed by atoms with Gasteiger partial charge in [-0.3, -0.25) is 0 Å². The number of hydrogen-bond donors (Lipinski definition) is 0. The van der Waals surface area contributed by atoms with Crippen LogP contribution in [0.4, 0.5) is 0 Å². The minimum absolute atomic E-state index is 0.0747. The molecule has 1 aromatic carbocycles. The fourth-order valence-electron chi connectivity index (χ4n) is 2.71. The normalized spacial score (nSPS) is 23.8. The molecular weight excluding hydrogens is 230 g/mol. The largest absolute Gasteiger partial charge is 0.198 e. The minimum Gasteiger partial charge on any atom is -0.198 e. The maximum absolute atomic E-state index is 8.89. The van der Waals surface area contributed by atoms with Crippen LogP contribution < -0.4 is 0 Å². The lowest BCUT2D eigenvalue weighted by molar-refractivity contribution is 0.352. The van der Waals surface area contributed by atoms with Gasteiger partial charge in [0.1, 0.15) is 0 Å². The lowest BCUT2D eigenvalue weighted by atomic mass is 9.75. The predicted molar refractivity (Wildman–Crippen MR) is 82.0 cm³/mol. The van der Waals surface area contributed by atoms with Crippen LogP contribution in [0.5, 0.6) is 0 Å². The van der Waals surface area contributed by atoms with Crippen LogP contribution in [-0.2, 0) is 11.8 Å². The second-order valence-corrected chi connectivity index (χ2v) is 5.59. The summed E-state index contributed by atoms with van der Waals surface area (Å²) < 4.78 is 0. The van der Waals surface area contributed by atoms with Gasteiger partial charge in [-0.25, -0.2) is 0 Å². The molecule has 1 heteroatoms. The Balaban J connectivity index is 0.000000312. The van der Waals surface area contributed by atoms with Gasteiger partial charge in [0, 0.05) is 11.8 Å². The Kier molecular flexibility index (Phi) is 5.83. The van der Waals surface area contributed by atoms with Gasteiger partial charge in [0.05, 0.1) is 6.07 Å². The smallest absolute Gasteiger partial charge is 0.0631 e. The van der Waals surface area contributed by atoms with Crippen LogP contribution >= 0.6 is 0 Å². The van der Waals surface area contributed by atoms with Crippen molar-refractivity contribution in [2.45, 2.75) is 51.9 Å². The third-order valence-corrected chi connectivity index (χ3v) is 4.19. The van der Waals surface area contributed by atoms with Crippen LogP contribution in [0.15, 0.2) is 36.9 Å². The molecule has 0 radical (unpaired) electrons. The van der Waals surface area contributed by atoms with E-state index in [9.17, 15) is 0 Å². The molecule has 0 aromatic heterocycles. The molecule has 19 heavy (non-hydrogen) atoms. The Hall–Kier alpha value is -1.55. The summed E-state index contributed by atoms with van der Waals surface area (Å²) in [4.78, 5) is 0. The van der Waals surface area contributed by atoms with Crippen molar-refractivity contribution in [2.24, 2.45) is 5.92 Å². The van der Waals surface area contributed by atoms with Crippen molar-refractivity contribution in [2.75, 3.05) is 0 Å². The topological polar surface area (TPSA) is 23.8 Å². The minimum atomic E-state index is 0.0747. The standard InChI is InChI=1S/C13H15N.C5H10/c1-10-9-11-5-3-4-6-12(11)13(10,2)7-8-14;1-3-5-4-2/h3-6,10H,7,9H2,1-2H3;3H,1,4-5H2,2H3. The Bertz CT molecular complexity index is 455. The molecule has 2 unspecified atom stereocenters. The summed E-state index contributed by atoms with van der Waals surface area (Å²) in [6, 6.07) is 10.9. The highest BCUT2D eigenvalue weighted by molar-refractivity contribution is 5.40. The molecule has 0 spiro atoms. The molecule has 1 aliphatic carbocycles. The molecule has 2 rings (SSSR count). The van der Waals surface area contributed by atoms with E-state index in [1.54, 1.807) is 0 Å². The van der Waals surface area contributed by atoms with E-state index in [4.69, 9.17) is 5.26 Å². The summed E-state index contributed by atoms with van der Waals surface area (Å²) in [5.41, 5.74) is 2.89. The van der Waals surface area contributed by atoms with Gasteiger partial charge < -0.3 is 0 Å². The fourth-order valence-corrected chi connectivity index (χ4v) is 2.71. The Morgan fingerprint density at radius 1 is 1.47 bits per heavy atom. The quantitative estimate of drug-likeness (QED) is 0.695. The number of fused-ring (bicyclic) bond motifs is 1. The Labute approximate surface area is 118 Å². The number of allylic oxidation sites excluding steroid dienone is 1. The molecule has 0 saturated heterocycles. The average molecular weight is 255 g/mol. The molecule has 0 aliphatic heterocycles. The van der Waals surface area contributed by atoms with E-state index in [-0.39, 0.29) is 5.41 Å². The first kappa shape index (κ1) is 15.5. The molecule has 1 aliphatic rings. The molecule has 1 nitrogen and oxygen atoms in total. The van der Waals surface area contributed by atoms with Crippen molar-refractivity contribution in [3.05, 3.63) is 48.0 Å².